The molecule has 2 N–H and O–H groups in total. The molecule has 2 aromatic carbocycles. The van der Waals surface area contributed by atoms with E-state index >= 15 is 0 Å². The van der Waals surface area contributed by atoms with Gasteiger partial charge in [0.25, 0.3) is 5.91 Å². The van der Waals surface area contributed by atoms with Gasteiger partial charge in [0.15, 0.2) is 0 Å². The van der Waals surface area contributed by atoms with Crippen molar-refractivity contribution in [2.24, 2.45) is 0 Å². The molecule has 2 rings (SSSR count). The van der Waals surface area contributed by atoms with Gasteiger partial charge in [0.1, 0.15) is 11.6 Å². The SMILES string of the molecule is N#Cc1ccc(NNC(=O)c2ccc(F)cc2F)c(C(F)(F)F)c1. The Kier molecular flexibility index (Phi) is 4.69. The number of nitriles is 1. The molecule has 124 valence electrons. The lowest BCUT2D eigenvalue weighted by molar-refractivity contribution is -0.137. The van der Waals surface area contributed by atoms with Crippen LogP contribution in [0.5, 0.6) is 0 Å². The first kappa shape index (κ1) is 17.2. The van der Waals surface area contributed by atoms with Gasteiger partial charge in [-0.25, -0.2) is 8.78 Å². The van der Waals surface area contributed by atoms with Crippen LogP contribution in [-0.2, 0) is 6.18 Å². The standard InChI is InChI=1S/C15H8F5N3O/c16-9-2-3-10(12(17)6-9)14(24)23-22-13-4-1-8(7-21)5-11(13)15(18,19)20/h1-6,22H,(H,23,24). The molecule has 0 aromatic heterocycles. The Balaban J connectivity index is 2.23. The summed E-state index contributed by atoms with van der Waals surface area (Å²) in [7, 11) is 0. The van der Waals surface area contributed by atoms with E-state index in [0.717, 1.165) is 24.3 Å². The van der Waals surface area contributed by atoms with E-state index in [4.69, 9.17) is 5.26 Å². The van der Waals surface area contributed by atoms with Crippen molar-refractivity contribution in [1.82, 2.24) is 5.43 Å². The van der Waals surface area contributed by atoms with Gasteiger partial charge in [-0.2, -0.15) is 18.4 Å². The maximum atomic E-state index is 13.4. The molecule has 0 spiro atoms. The van der Waals surface area contributed by atoms with E-state index < -0.39 is 40.5 Å². The Morgan fingerprint density at radius 1 is 1.08 bits per heavy atom. The molecule has 4 nitrogen and oxygen atoms in total. The van der Waals surface area contributed by atoms with Crippen LogP contribution in [-0.4, -0.2) is 5.91 Å². The van der Waals surface area contributed by atoms with Gasteiger partial charge in [-0.1, -0.05) is 0 Å². The Morgan fingerprint density at radius 2 is 1.79 bits per heavy atom. The van der Waals surface area contributed by atoms with Gasteiger partial charge in [-0.05, 0) is 30.3 Å². The van der Waals surface area contributed by atoms with Crippen molar-refractivity contribution in [2.45, 2.75) is 6.18 Å². The van der Waals surface area contributed by atoms with Crippen molar-refractivity contribution in [3.63, 3.8) is 0 Å². The van der Waals surface area contributed by atoms with E-state index in [-0.39, 0.29) is 5.56 Å². The van der Waals surface area contributed by atoms with E-state index in [1.165, 1.54) is 0 Å². The number of anilines is 1. The summed E-state index contributed by atoms with van der Waals surface area (Å²) in [6, 6.07) is 6.39. The number of rotatable bonds is 3. The molecule has 0 fully saturated rings. The predicted molar refractivity (Wildman–Crippen MR) is 73.6 cm³/mol. The number of nitrogens with zero attached hydrogens (tertiary/aromatic N) is 1. The molecule has 0 saturated carbocycles. The second kappa shape index (κ2) is 6.54. The average molecular weight is 341 g/mol. The van der Waals surface area contributed by atoms with Crippen LogP contribution in [0, 0.1) is 23.0 Å². The van der Waals surface area contributed by atoms with E-state index in [1.54, 1.807) is 6.07 Å². The third-order valence-corrected chi connectivity index (χ3v) is 2.94. The molecule has 0 aliphatic rings. The average Bonchev–Trinajstić information content (AvgIpc) is 2.51. The molecule has 0 atom stereocenters. The summed E-state index contributed by atoms with van der Waals surface area (Å²) in [5.74, 6) is -3.15. The second-order valence-electron chi connectivity index (χ2n) is 4.57. The van der Waals surface area contributed by atoms with Crippen LogP contribution in [0.4, 0.5) is 27.6 Å². The molecule has 9 heteroatoms. The van der Waals surface area contributed by atoms with Crippen molar-refractivity contribution < 1.29 is 26.7 Å². The predicted octanol–water partition coefficient (Wildman–Crippen LogP) is 3.61. The Hall–Kier alpha value is -3.15. The van der Waals surface area contributed by atoms with Gasteiger partial charge < -0.3 is 0 Å². The number of benzene rings is 2. The summed E-state index contributed by atoms with van der Waals surface area (Å²) in [5.41, 5.74) is 1.43. The van der Waals surface area contributed by atoms with Crippen LogP contribution < -0.4 is 10.9 Å². The highest BCUT2D eigenvalue weighted by Crippen LogP contribution is 2.35. The number of nitrogens with one attached hydrogen (secondary N) is 2. The zero-order valence-electron chi connectivity index (χ0n) is 11.7. The lowest BCUT2D eigenvalue weighted by Gasteiger charge is -2.15. The van der Waals surface area contributed by atoms with Gasteiger partial charge in [0.05, 0.1) is 28.4 Å². The fourth-order valence-corrected chi connectivity index (χ4v) is 1.82. The van der Waals surface area contributed by atoms with E-state index in [9.17, 15) is 26.7 Å². The molecular weight excluding hydrogens is 333 g/mol. The Labute approximate surface area is 132 Å². The number of carbonyl (C=O) groups excluding carboxylic acids is 1. The minimum Gasteiger partial charge on any atom is -0.298 e. The van der Waals surface area contributed by atoms with Gasteiger partial charge >= 0.3 is 6.18 Å². The van der Waals surface area contributed by atoms with Crippen LogP contribution in [0.1, 0.15) is 21.5 Å². The molecule has 2 aromatic rings. The third kappa shape index (κ3) is 3.78. The number of halogens is 5. The summed E-state index contributed by atoms with van der Waals surface area (Å²) >= 11 is 0. The number of hydrazine groups is 1. The minimum absolute atomic E-state index is 0.219. The number of amides is 1. The second-order valence-corrected chi connectivity index (χ2v) is 4.57. The summed E-state index contributed by atoms with van der Waals surface area (Å²) in [6.07, 6.45) is -4.78. The Bertz CT molecular complexity index is 827. The van der Waals surface area contributed by atoms with Gasteiger partial charge in [-0.3, -0.25) is 15.6 Å². The van der Waals surface area contributed by atoms with Gasteiger partial charge in [0, 0.05) is 6.07 Å². The third-order valence-electron chi connectivity index (χ3n) is 2.94. The number of hydrogen-bond acceptors (Lipinski definition) is 3. The number of alkyl halides is 3. The molecule has 0 heterocycles. The normalized spacial score (nSPS) is 10.8. The van der Waals surface area contributed by atoms with Crippen LogP contribution >= 0.6 is 0 Å². The summed E-state index contributed by atoms with van der Waals surface area (Å²) < 4.78 is 65.1. The maximum absolute atomic E-state index is 13.4. The van der Waals surface area contributed by atoms with Crippen LogP contribution in [0.2, 0.25) is 0 Å². The lowest BCUT2D eigenvalue weighted by atomic mass is 10.1. The van der Waals surface area contributed by atoms with Crippen LogP contribution in [0.25, 0.3) is 0 Å². The van der Waals surface area contributed by atoms with Crippen LogP contribution in [0.3, 0.4) is 0 Å². The summed E-state index contributed by atoms with van der Waals surface area (Å²) in [5, 5.41) is 8.66. The maximum Gasteiger partial charge on any atom is 0.418 e. The monoisotopic (exact) mass is 341 g/mol. The quantitative estimate of drug-likeness (QED) is 0.662. The van der Waals surface area contributed by atoms with E-state index in [1.807, 2.05) is 10.9 Å². The minimum atomic E-state index is -4.78. The summed E-state index contributed by atoms with van der Waals surface area (Å²) in [4.78, 5) is 11.8. The van der Waals surface area contributed by atoms with Crippen molar-refractivity contribution in [2.75, 3.05) is 5.43 Å². The zero-order chi connectivity index (χ0) is 17.9. The molecular formula is C15H8F5N3O. The molecule has 0 aliphatic carbocycles. The fourth-order valence-electron chi connectivity index (χ4n) is 1.82. The van der Waals surface area contributed by atoms with Gasteiger partial charge in [0.2, 0.25) is 0 Å². The van der Waals surface area contributed by atoms with Crippen molar-refractivity contribution >= 4 is 11.6 Å². The number of carbonyl (C=O) groups is 1. The van der Waals surface area contributed by atoms with E-state index in [0.29, 0.717) is 12.1 Å². The first-order valence-corrected chi connectivity index (χ1v) is 6.35. The lowest BCUT2D eigenvalue weighted by Crippen LogP contribution is -2.31. The molecule has 0 saturated heterocycles. The van der Waals surface area contributed by atoms with Crippen molar-refractivity contribution in [1.29, 1.82) is 5.26 Å². The highest BCUT2D eigenvalue weighted by molar-refractivity contribution is 5.95. The van der Waals surface area contributed by atoms with Gasteiger partial charge in [-0.15, -0.1) is 0 Å². The largest absolute Gasteiger partial charge is 0.418 e. The smallest absolute Gasteiger partial charge is 0.298 e. The molecule has 0 bridgehead atoms. The highest BCUT2D eigenvalue weighted by Gasteiger charge is 2.34. The van der Waals surface area contributed by atoms with Crippen LogP contribution in [0.15, 0.2) is 36.4 Å². The molecule has 1 amide bonds. The highest BCUT2D eigenvalue weighted by atomic mass is 19.4. The first-order valence-electron chi connectivity index (χ1n) is 6.35. The molecule has 0 unspecified atom stereocenters. The topological polar surface area (TPSA) is 64.9 Å². The van der Waals surface area contributed by atoms with Crippen molar-refractivity contribution in [3.8, 4) is 6.07 Å². The fraction of sp³-hybridized carbons (Fsp3) is 0.0667. The van der Waals surface area contributed by atoms with E-state index in [2.05, 4.69) is 0 Å². The molecule has 0 aliphatic heterocycles. The van der Waals surface area contributed by atoms with Crippen molar-refractivity contribution in [3.05, 3.63) is 64.7 Å². The zero-order valence-corrected chi connectivity index (χ0v) is 11.7. The molecule has 0 radical (unpaired) electrons. The first-order chi connectivity index (χ1) is 11.2. The molecule has 24 heavy (non-hydrogen) atoms. The summed E-state index contributed by atoms with van der Waals surface area (Å²) in [6.45, 7) is 0. The number of hydrogen-bond donors (Lipinski definition) is 2. The Morgan fingerprint density at radius 3 is 2.38 bits per heavy atom.